The molecule has 1 rings (SSSR count). The van der Waals surface area contributed by atoms with Crippen LogP contribution in [0.2, 0.25) is 0 Å². The summed E-state index contributed by atoms with van der Waals surface area (Å²) in [5.74, 6) is -7.18. The molecule has 170 valence electrons. The third-order valence-electron chi connectivity index (χ3n) is 4.23. The number of benzene rings is 1. The lowest BCUT2D eigenvalue weighted by Gasteiger charge is -2.41. The topological polar surface area (TPSA) is 111 Å². The van der Waals surface area contributed by atoms with Crippen LogP contribution in [0.25, 0.3) is 0 Å². The Hall–Kier alpha value is -2.26. The van der Waals surface area contributed by atoms with Gasteiger partial charge >= 0.3 is 18.0 Å². The van der Waals surface area contributed by atoms with E-state index in [1.807, 2.05) is 0 Å². The second-order valence-electron chi connectivity index (χ2n) is 8.58. The number of amides is 1. The molecule has 0 aromatic heterocycles. The van der Waals surface area contributed by atoms with Gasteiger partial charge in [-0.1, -0.05) is 44.2 Å². The molecule has 0 aliphatic rings. The van der Waals surface area contributed by atoms with Crippen LogP contribution in [0.15, 0.2) is 30.3 Å². The van der Waals surface area contributed by atoms with Crippen LogP contribution in [-0.4, -0.2) is 41.0 Å². The molecule has 1 amide bonds. The maximum absolute atomic E-state index is 14.8. The van der Waals surface area contributed by atoms with Crippen LogP contribution in [0.3, 0.4) is 0 Å². The number of hydrogen-bond donors (Lipinski definition) is 3. The van der Waals surface area contributed by atoms with Crippen molar-refractivity contribution in [3.05, 3.63) is 35.9 Å². The molecule has 4 N–H and O–H groups in total. The van der Waals surface area contributed by atoms with E-state index >= 15 is 0 Å². The van der Waals surface area contributed by atoms with Crippen molar-refractivity contribution in [1.82, 2.24) is 5.32 Å². The molecule has 0 saturated heterocycles. The fraction of sp³-hybridized carbons (Fsp3) is 0.619. The smallest absolute Gasteiger partial charge is 0.410 e. The monoisotopic (exact) mass is 430 g/mol. The van der Waals surface area contributed by atoms with Gasteiger partial charge in [0.05, 0.1) is 6.54 Å². The van der Waals surface area contributed by atoms with Crippen LogP contribution < -0.4 is 11.1 Å². The SMILES string of the molecule is CC(C)CC(C(=O)OCc1ccccc1)C(O)(NC(=O)OC(C)(C)C)C(F)(F)CN. The number of carbonyl (C=O) groups is 2. The minimum atomic E-state index is -4.03. The van der Waals surface area contributed by atoms with Gasteiger partial charge in [0.25, 0.3) is 0 Å². The zero-order chi connectivity index (χ0) is 23.2. The molecule has 30 heavy (non-hydrogen) atoms. The Morgan fingerprint density at radius 3 is 2.20 bits per heavy atom. The highest BCUT2D eigenvalue weighted by Crippen LogP contribution is 2.37. The Morgan fingerprint density at radius 2 is 1.73 bits per heavy atom. The largest absolute Gasteiger partial charge is 0.460 e. The Labute approximate surface area is 175 Å². The number of nitrogens with one attached hydrogen (secondary N) is 1. The summed E-state index contributed by atoms with van der Waals surface area (Å²) in [6, 6.07) is 8.64. The van der Waals surface area contributed by atoms with Crippen molar-refractivity contribution in [2.24, 2.45) is 17.6 Å². The Balaban J connectivity index is 3.22. The number of alkyl halides is 2. The molecule has 0 aliphatic carbocycles. The molecule has 2 atom stereocenters. The van der Waals surface area contributed by atoms with Gasteiger partial charge in [-0.05, 0) is 38.7 Å². The Morgan fingerprint density at radius 1 is 1.17 bits per heavy atom. The van der Waals surface area contributed by atoms with Crippen LogP contribution in [-0.2, 0) is 20.9 Å². The van der Waals surface area contributed by atoms with Crippen LogP contribution in [0.5, 0.6) is 0 Å². The predicted octanol–water partition coefficient (Wildman–Crippen LogP) is 3.20. The van der Waals surface area contributed by atoms with Gasteiger partial charge in [0.15, 0.2) is 0 Å². The van der Waals surface area contributed by atoms with Crippen molar-refractivity contribution >= 4 is 12.1 Å². The minimum absolute atomic E-state index is 0.176. The number of alkyl carbamates (subject to hydrolysis) is 1. The lowest BCUT2D eigenvalue weighted by atomic mass is 9.83. The fourth-order valence-electron chi connectivity index (χ4n) is 2.79. The van der Waals surface area contributed by atoms with Gasteiger partial charge in [0, 0.05) is 0 Å². The normalized spacial score (nSPS) is 15.3. The molecule has 0 spiro atoms. The second kappa shape index (κ2) is 10.2. The predicted molar refractivity (Wildman–Crippen MR) is 108 cm³/mol. The number of aliphatic hydroxyl groups is 1. The summed E-state index contributed by atoms with van der Waals surface area (Å²) < 4.78 is 39.7. The molecule has 1 aromatic carbocycles. The molecule has 0 aliphatic heterocycles. The molecule has 9 heteroatoms. The molecule has 7 nitrogen and oxygen atoms in total. The summed E-state index contributed by atoms with van der Waals surface area (Å²) in [6.07, 6.45) is -1.49. The first-order chi connectivity index (χ1) is 13.7. The average Bonchev–Trinajstić information content (AvgIpc) is 2.62. The van der Waals surface area contributed by atoms with E-state index in [0.29, 0.717) is 5.56 Å². The van der Waals surface area contributed by atoms with Gasteiger partial charge < -0.3 is 20.3 Å². The van der Waals surface area contributed by atoms with Gasteiger partial charge in [-0.2, -0.15) is 8.78 Å². The average molecular weight is 430 g/mol. The highest BCUT2D eigenvalue weighted by Gasteiger charge is 2.61. The molecule has 0 fully saturated rings. The Bertz CT molecular complexity index is 707. The summed E-state index contributed by atoms with van der Waals surface area (Å²) >= 11 is 0. The standard InChI is InChI=1S/C21H32F2N2O5/c1-14(2)11-16(17(26)29-12-15-9-7-6-8-10-15)21(28,20(22,23)13-24)25-18(27)30-19(3,4)5/h6-10,14,16,28H,11-13,24H2,1-5H3,(H,25,27). The summed E-state index contributed by atoms with van der Waals surface area (Å²) in [6.45, 7) is 6.49. The summed E-state index contributed by atoms with van der Waals surface area (Å²) in [5, 5.41) is 12.7. The molecule has 0 heterocycles. The van der Waals surface area contributed by atoms with Crippen molar-refractivity contribution in [2.75, 3.05) is 6.54 Å². The zero-order valence-corrected chi connectivity index (χ0v) is 18.1. The van der Waals surface area contributed by atoms with E-state index in [-0.39, 0.29) is 18.9 Å². The first-order valence-corrected chi connectivity index (χ1v) is 9.74. The zero-order valence-electron chi connectivity index (χ0n) is 18.1. The van der Waals surface area contributed by atoms with E-state index in [4.69, 9.17) is 15.2 Å². The van der Waals surface area contributed by atoms with E-state index in [2.05, 4.69) is 0 Å². The highest BCUT2D eigenvalue weighted by atomic mass is 19.3. The van der Waals surface area contributed by atoms with Gasteiger partial charge in [0.1, 0.15) is 18.1 Å². The fourth-order valence-corrected chi connectivity index (χ4v) is 2.79. The minimum Gasteiger partial charge on any atom is -0.460 e. The van der Waals surface area contributed by atoms with Crippen molar-refractivity contribution in [3.63, 3.8) is 0 Å². The summed E-state index contributed by atoms with van der Waals surface area (Å²) in [5.41, 5.74) is 1.50. The van der Waals surface area contributed by atoms with E-state index in [9.17, 15) is 23.5 Å². The van der Waals surface area contributed by atoms with Crippen LogP contribution in [0, 0.1) is 11.8 Å². The van der Waals surface area contributed by atoms with Crippen molar-refractivity contribution in [3.8, 4) is 0 Å². The van der Waals surface area contributed by atoms with E-state index in [1.165, 1.54) is 20.8 Å². The van der Waals surface area contributed by atoms with Crippen molar-refractivity contribution < 1.29 is 33.0 Å². The number of esters is 1. The molecule has 0 bridgehead atoms. The highest BCUT2D eigenvalue weighted by molar-refractivity contribution is 5.76. The number of rotatable bonds is 9. The van der Waals surface area contributed by atoms with E-state index in [0.717, 1.165) is 0 Å². The lowest BCUT2D eigenvalue weighted by molar-refractivity contribution is -0.226. The van der Waals surface area contributed by atoms with Crippen LogP contribution in [0.4, 0.5) is 13.6 Å². The van der Waals surface area contributed by atoms with Gasteiger partial charge in [-0.15, -0.1) is 0 Å². The van der Waals surface area contributed by atoms with Crippen LogP contribution >= 0.6 is 0 Å². The number of hydrogen-bond acceptors (Lipinski definition) is 6. The second-order valence-corrected chi connectivity index (χ2v) is 8.58. The summed E-state index contributed by atoms with van der Waals surface area (Å²) in [4.78, 5) is 25.0. The molecule has 0 saturated carbocycles. The molecular formula is C21H32F2N2O5. The Kier molecular flexibility index (Phi) is 8.74. The quantitative estimate of drug-likeness (QED) is 0.410. The van der Waals surface area contributed by atoms with Gasteiger partial charge in [-0.3, -0.25) is 10.1 Å². The number of carbonyl (C=O) groups excluding carboxylic acids is 2. The lowest BCUT2D eigenvalue weighted by Crippen LogP contribution is -2.69. The van der Waals surface area contributed by atoms with Gasteiger partial charge in [0.2, 0.25) is 5.72 Å². The first-order valence-electron chi connectivity index (χ1n) is 9.74. The molecule has 2 unspecified atom stereocenters. The molecule has 0 radical (unpaired) electrons. The van der Waals surface area contributed by atoms with Crippen molar-refractivity contribution in [1.29, 1.82) is 0 Å². The number of nitrogens with two attached hydrogens (primary N) is 1. The first kappa shape index (κ1) is 25.8. The van der Waals surface area contributed by atoms with Gasteiger partial charge in [-0.25, -0.2) is 4.79 Å². The van der Waals surface area contributed by atoms with Crippen LogP contribution in [0.1, 0.15) is 46.6 Å². The number of ether oxygens (including phenoxy) is 2. The third kappa shape index (κ3) is 7.21. The maximum Gasteiger partial charge on any atom is 0.410 e. The van der Waals surface area contributed by atoms with E-state index in [1.54, 1.807) is 49.5 Å². The van der Waals surface area contributed by atoms with Crippen molar-refractivity contribution in [2.45, 2.75) is 64.9 Å². The maximum atomic E-state index is 14.8. The number of halogens is 2. The molecule has 1 aromatic rings. The third-order valence-corrected chi connectivity index (χ3v) is 4.23. The summed E-state index contributed by atoms with van der Waals surface area (Å²) in [7, 11) is 0. The molecular weight excluding hydrogens is 398 g/mol. The van der Waals surface area contributed by atoms with E-state index < -0.39 is 41.8 Å².